The van der Waals surface area contributed by atoms with E-state index in [0.29, 0.717) is 19.3 Å². The monoisotopic (exact) mass is 448 g/mol. The number of carboxylic acids is 1. The normalized spacial score (nSPS) is 12.4. The zero-order valence-electron chi connectivity index (χ0n) is 17.5. The average Bonchev–Trinajstić information content (AvgIpc) is 2.73. The number of unbranched alkanes of at least 4 members (excludes halogenated alkanes) is 2. The molecule has 2 N–H and O–H groups in total. The van der Waals surface area contributed by atoms with Gasteiger partial charge in [-0.2, -0.15) is 0 Å². The second-order valence-electron chi connectivity index (χ2n) is 7.41. The number of rotatable bonds is 13. The Morgan fingerprint density at radius 2 is 1.71 bits per heavy atom. The zero-order valence-corrected chi connectivity index (χ0v) is 18.3. The molecule has 0 aliphatic rings. The summed E-state index contributed by atoms with van der Waals surface area (Å²) in [7, 11) is -3.86. The van der Waals surface area contributed by atoms with Crippen molar-refractivity contribution in [2.75, 3.05) is 0 Å². The minimum Gasteiger partial charge on any atom is -0.481 e. The number of nitro benzene ring substituents is 1. The van der Waals surface area contributed by atoms with Crippen LogP contribution < -0.4 is 4.72 Å². The molecule has 2 aromatic carbocycles. The van der Waals surface area contributed by atoms with E-state index in [9.17, 15) is 23.3 Å². The number of aryl methyl sites for hydroxylation is 1. The van der Waals surface area contributed by atoms with Crippen LogP contribution in [0.2, 0.25) is 0 Å². The summed E-state index contributed by atoms with van der Waals surface area (Å²) in [5, 5.41) is 19.6. The Kier molecular flexibility index (Phi) is 9.14. The molecule has 8 nitrogen and oxygen atoms in total. The van der Waals surface area contributed by atoms with Crippen LogP contribution in [0, 0.1) is 10.1 Å². The highest BCUT2D eigenvalue weighted by molar-refractivity contribution is 7.89. The molecule has 31 heavy (non-hydrogen) atoms. The molecule has 0 heterocycles. The molecule has 0 fully saturated rings. The minimum atomic E-state index is -3.86. The van der Waals surface area contributed by atoms with E-state index in [0.717, 1.165) is 30.4 Å². The first-order valence-corrected chi connectivity index (χ1v) is 11.8. The van der Waals surface area contributed by atoms with Crippen LogP contribution in [-0.4, -0.2) is 24.4 Å². The molecule has 0 bridgehead atoms. The van der Waals surface area contributed by atoms with Crippen molar-refractivity contribution in [3.63, 3.8) is 0 Å². The van der Waals surface area contributed by atoms with Gasteiger partial charge in [-0.15, -0.1) is 0 Å². The van der Waals surface area contributed by atoms with Crippen LogP contribution in [0.25, 0.3) is 0 Å². The molecule has 0 aliphatic carbocycles. The lowest BCUT2D eigenvalue weighted by Crippen LogP contribution is -2.28. The molecular weight excluding hydrogens is 420 g/mol. The maximum Gasteiger partial charge on any atom is 0.303 e. The van der Waals surface area contributed by atoms with Gasteiger partial charge in [0.25, 0.3) is 5.69 Å². The first-order valence-electron chi connectivity index (χ1n) is 10.3. The van der Waals surface area contributed by atoms with Crippen molar-refractivity contribution in [2.45, 2.75) is 62.8 Å². The van der Waals surface area contributed by atoms with Crippen LogP contribution in [0.3, 0.4) is 0 Å². The van der Waals surface area contributed by atoms with E-state index < -0.39 is 27.0 Å². The van der Waals surface area contributed by atoms with Crippen molar-refractivity contribution in [1.82, 2.24) is 4.72 Å². The Labute approximate surface area is 182 Å². The summed E-state index contributed by atoms with van der Waals surface area (Å²) in [5.74, 6) is -0.826. The third-order valence-electron chi connectivity index (χ3n) is 4.99. The van der Waals surface area contributed by atoms with Gasteiger partial charge in [0.1, 0.15) is 0 Å². The van der Waals surface area contributed by atoms with Crippen LogP contribution in [0.4, 0.5) is 5.69 Å². The molecular formula is C22H28N2O6S. The number of non-ortho nitro benzene ring substituents is 1. The summed E-state index contributed by atoms with van der Waals surface area (Å²) in [6.07, 6.45) is 4.75. The largest absolute Gasteiger partial charge is 0.481 e. The van der Waals surface area contributed by atoms with Gasteiger partial charge in [-0.1, -0.05) is 50.5 Å². The van der Waals surface area contributed by atoms with Crippen LogP contribution in [0.5, 0.6) is 0 Å². The fraction of sp³-hybridized carbons (Fsp3) is 0.409. The Bertz CT molecular complexity index is 972. The molecule has 9 heteroatoms. The number of nitrogens with one attached hydrogen (secondary N) is 1. The standard InChI is InChI=1S/C22H28N2O6S/c1-2-3-4-7-21(18-11-9-17(10-12-18)6-5-8-22(25)26)23-31(29,30)20-15-13-19(14-16-20)24(27)28/h9-16,21,23H,2-8H2,1H3,(H,25,26). The first kappa shape index (κ1) is 24.5. The van der Waals surface area contributed by atoms with Gasteiger partial charge in [-0.3, -0.25) is 14.9 Å². The summed E-state index contributed by atoms with van der Waals surface area (Å²) < 4.78 is 28.5. The first-order chi connectivity index (χ1) is 14.7. The number of sulfonamides is 1. The third kappa shape index (κ3) is 7.76. The molecule has 2 aromatic rings. The van der Waals surface area contributed by atoms with E-state index in [1.807, 2.05) is 24.3 Å². The van der Waals surface area contributed by atoms with Crippen molar-refractivity contribution in [1.29, 1.82) is 0 Å². The van der Waals surface area contributed by atoms with Crippen molar-refractivity contribution in [3.8, 4) is 0 Å². The SMILES string of the molecule is CCCCCC(NS(=O)(=O)c1ccc([N+](=O)[O-])cc1)c1ccc(CCCC(=O)O)cc1. The molecule has 0 saturated heterocycles. The number of aliphatic carboxylic acids is 1. The predicted molar refractivity (Wildman–Crippen MR) is 117 cm³/mol. The molecule has 0 aliphatic heterocycles. The fourth-order valence-corrected chi connectivity index (χ4v) is 4.51. The van der Waals surface area contributed by atoms with Crippen molar-refractivity contribution >= 4 is 21.7 Å². The van der Waals surface area contributed by atoms with Crippen molar-refractivity contribution < 1.29 is 23.2 Å². The Morgan fingerprint density at radius 3 is 2.26 bits per heavy atom. The Balaban J connectivity index is 2.17. The molecule has 0 spiro atoms. The van der Waals surface area contributed by atoms with Crippen LogP contribution >= 0.6 is 0 Å². The number of hydrogen-bond donors (Lipinski definition) is 2. The smallest absolute Gasteiger partial charge is 0.303 e. The second kappa shape index (κ2) is 11.6. The molecule has 0 aromatic heterocycles. The average molecular weight is 449 g/mol. The van der Waals surface area contributed by atoms with E-state index in [-0.39, 0.29) is 17.0 Å². The van der Waals surface area contributed by atoms with E-state index >= 15 is 0 Å². The molecule has 1 unspecified atom stereocenters. The highest BCUT2D eigenvalue weighted by atomic mass is 32.2. The van der Waals surface area contributed by atoms with Gasteiger partial charge in [-0.05, 0) is 42.5 Å². The lowest BCUT2D eigenvalue weighted by molar-refractivity contribution is -0.384. The van der Waals surface area contributed by atoms with Crippen LogP contribution in [0.15, 0.2) is 53.4 Å². The number of nitro groups is 1. The number of benzene rings is 2. The van der Waals surface area contributed by atoms with Crippen LogP contribution in [0.1, 0.15) is 62.6 Å². The molecule has 168 valence electrons. The summed E-state index contributed by atoms with van der Waals surface area (Å²) >= 11 is 0. The highest BCUT2D eigenvalue weighted by Gasteiger charge is 2.22. The number of hydrogen-bond acceptors (Lipinski definition) is 5. The molecule has 0 saturated carbocycles. The summed E-state index contributed by atoms with van der Waals surface area (Å²) in [5.41, 5.74) is 1.65. The number of carbonyl (C=O) groups is 1. The van der Waals surface area contributed by atoms with Gasteiger partial charge in [-0.25, -0.2) is 13.1 Å². The Hall–Kier alpha value is -2.78. The third-order valence-corrected chi connectivity index (χ3v) is 6.48. The van der Waals surface area contributed by atoms with E-state index in [1.54, 1.807) is 0 Å². The maximum absolute atomic E-state index is 12.9. The number of carboxylic acid groups (broad SMARTS) is 1. The van der Waals surface area contributed by atoms with E-state index in [1.165, 1.54) is 24.3 Å². The van der Waals surface area contributed by atoms with Gasteiger partial charge >= 0.3 is 5.97 Å². The van der Waals surface area contributed by atoms with Crippen LogP contribution in [-0.2, 0) is 21.2 Å². The zero-order chi connectivity index (χ0) is 22.9. The molecule has 2 rings (SSSR count). The summed E-state index contributed by atoms with van der Waals surface area (Å²) in [6.45, 7) is 2.07. The molecule has 0 radical (unpaired) electrons. The van der Waals surface area contributed by atoms with Gasteiger partial charge in [0.2, 0.25) is 10.0 Å². The van der Waals surface area contributed by atoms with E-state index in [2.05, 4.69) is 11.6 Å². The summed E-state index contributed by atoms with van der Waals surface area (Å²) in [6, 6.07) is 11.9. The second-order valence-corrected chi connectivity index (χ2v) is 9.12. The molecule has 1 atom stereocenters. The predicted octanol–water partition coefficient (Wildman–Crippen LogP) is 4.60. The lowest BCUT2D eigenvalue weighted by atomic mass is 9.99. The lowest BCUT2D eigenvalue weighted by Gasteiger charge is -2.20. The maximum atomic E-state index is 12.9. The van der Waals surface area contributed by atoms with Crippen molar-refractivity contribution in [2.24, 2.45) is 0 Å². The van der Waals surface area contributed by atoms with E-state index in [4.69, 9.17) is 5.11 Å². The quantitative estimate of drug-likeness (QED) is 0.262. The number of nitrogens with zero attached hydrogens (tertiary/aromatic N) is 1. The van der Waals surface area contributed by atoms with Gasteiger partial charge < -0.3 is 5.11 Å². The van der Waals surface area contributed by atoms with Gasteiger partial charge in [0, 0.05) is 24.6 Å². The fourth-order valence-electron chi connectivity index (χ4n) is 3.25. The Morgan fingerprint density at radius 1 is 1.06 bits per heavy atom. The van der Waals surface area contributed by atoms with Crippen molar-refractivity contribution in [3.05, 3.63) is 69.8 Å². The minimum absolute atomic E-state index is 0.0242. The highest BCUT2D eigenvalue weighted by Crippen LogP contribution is 2.24. The molecule has 0 amide bonds. The summed E-state index contributed by atoms with van der Waals surface area (Å²) in [4.78, 5) is 20.9. The van der Waals surface area contributed by atoms with Gasteiger partial charge in [0.05, 0.1) is 9.82 Å². The topological polar surface area (TPSA) is 127 Å². The van der Waals surface area contributed by atoms with Gasteiger partial charge in [0.15, 0.2) is 0 Å².